The van der Waals surface area contributed by atoms with Crippen LogP contribution in [-0.4, -0.2) is 22.6 Å². The molecule has 0 amide bonds. The Morgan fingerprint density at radius 3 is 2.30 bits per heavy atom. The number of likely N-dealkylation sites (tertiary alicyclic amines) is 1. The smallest absolute Gasteiger partial charge is 0.210 e. The lowest BCUT2D eigenvalue weighted by Crippen LogP contribution is -2.50. The topological polar surface area (TPSA) is 20.3 Å². The van der Waals surface area contributed by atoms with E-state index < -0.39 is 0 Å². The van der Waals surface area contributed by atoms with Gasteiger partial charge in [0.2, 0.25) is 5.12 Å². The van der Waals surface area contributed by atoms with Gasteiger partial charge in [0.15, 0.2) is 0 Å². The lowest BCUT2D eigenvalue weighted by atomic mass is 10.0. The molecule has 3 rings (SSSR count). The molecule has 1 saturated heterocycles. The molecule has 0 radical (unpaired) electrons. The van der Waals surface area contributed by atoms with E-state index in [1.54, 1.807) is 0 Å². The van der Waals surface area contributed by atoms with Crippen LogP contribution in [0.3, 0.4) is 0 Å². The molecule has 0 saturated carbocycles. The van der Waals surface area contributed by atoms with Gasteiger partial charge in [-0.15, -0.1) is 0 Å². The van der Waals surface area contributed by atoms with Gasteiger partial charge < -0.3 is 0 Å². The molecule has 1 atom stereocenters. The Bertz CT molecular complexity index is 570. The highest BCUT2D eigenvalue weighted by Crippen LogP contribution is 2.28. The minimum absolute atomic E-state index is 0.0698. The van der Waals surface area contributed by atoms with Crippen LogP contribution in [0.5, 0.6) is 0 Å². The highest BCUT2D eigenvalue weighted by atomic mass is 32.2. The van der Waals surface area contributed by atoms with Crippen molar-refractivity contribution >= 4 is 16.9 Å². The standard InChI is InChI=1S/C17H17NOS/c19-17(20-15-9-5-2-6-10-15)16-11-12-18(16)13-14-7-3-1-4-8-14/h1-10,16H,11-13H2/t16-/m0/s1. The van der Waals surface area contributed by atoms with Gasteiger partial charge in [0.05, 0.1) is 6.04 Å². The molecule has 0 aromatic heterocycles. The zero-order valence-electron chi connectivity index (χ0n) is 11.2. The molecule has 2 aromatic rings. The summed E-state index contributed by atoms with van der Waals surface area (Å²) in [6.45, 7) is 1.88. The van der Waals surface area contributed by atoms with Gasteiger partial charge in [0, 0.05) is 18.0 Å². The van der Waals surface area contributed by atoms with Crippen molar-refractivity contribution in [3.63, 3.8) is 0 Å². The van der Waals surface area contributed by atoms with Crippen LogP contribution in [0.15, 0.2) is 65.6 Å². The van der Waals surface area contributed by atoms with Crippen molar-refractivity contribution in [2.45, 2.75) is 23.9 Å². The lowest BCUT2D eigenvalue weighted by Gasteiger charge is -2.39. The number of carbonyl (C=O) groups excluding carboxylic acids is 1. The first-order valence-corrected chi connectivity index (χ1v) is 7.69. The molecular formula is C17H17NOS. The third kappa shape index (κ3) is 3.11. The molecule has 1 aliphatic rings. The Hall–Kier alpha value is -1.58. The van der Waals surface area contributed by atoms with Crippen molar-refractivity contribution in [2.75, 3.05) is 6.54 Å². The van der Waals surface area contributed by atoms with Crippen molar-refractivity contribution in [3.05, 3.63) is 66.2 Å². The summed E-state index contributed by atoms with van der Waals surface area (Å²) in [5.41, 5.74) is 1.27. The van der Waals surface area contributed by atoms with Crippen LogP contribution in [-0.2, 0) is 11.3 Å². The fourth-order valence-corrected chi connectivity index (χ4v) is 3.32. The van der Waals surface area contributed by atoms with E-state index in [0.29, 0.717) is 0 Å². The molecule has 1 heterocycles. The van der Waals surface area contributed by atoms with E-state index in [0.717, 1.165) is 24.4 Å². The molecule has 0 bridgehead atoms. The van der Waals surface area contributed by atoms with Crippen LogP contribution >= 0.6 is 11.8 Å². The quantitative estimate of drug-likeness (QED) is 0.800. The average molecular weight is 283 g/mol. The van der Waals surface area contributed by atoms with E-state index in [2.05, 4.69) is 17.0 Å². The summed E-state index contributed by atoms with van der Waals surface area (Å²) < 4.78 is 0. The zero-order valence-corrected chi connectivity index (χ0v) is 12.1. The minimum Gasteiger partial charge on any atom is -0.288 e. The number of nitrogens with zero attached hydrogens (tertiary/aromatic N) is 1. The van der Waals surface area contributed by atoms with Gasteiger partial charge in [0.1, 0.15) is 0 Å². The van der Waals surface area contributed by atoms with Crippen LogP contribution in [0.2, 0.25) is 0 Å². The molecule has 20 heavy (non-hydrogen) atoms. The minimum atomic E-state index is 0.0698. The second-order valence-electron chi connectivity index (χ2n) is 4.99. The van der Waals surface area contributed by atoms with Gasteiger partial charge in [-0.05, 0) is 24.1 Å². The molecule has 0 unspecified atom stereocenters. The molecule has 0 N–H and O–H groups in total. The van der Waals surface area contributed by atoms with E-state index in [1.165, 1.54) is 17.3 Å². The van der Waals surface area contributed by atoms with Gasteiger partial charge in [-0.2, -0.15) is 0 Å². The van der Waals surface area contributed by atoms with Crippen molar-refractivity contribution in [1.82, 2.24) is 4.90 Å². The Kier molecular flexibility index (Phi) is 4.19. The molecule has 2 aromatic carbocycles. The van der Waals surface area contributed by atoms with Gasteiger partial charge >= 0.3 is 0 Å². The Morgan fingerprint density at radius 2 is 1.70 bits per heavy atom. The zero-order chi connectivity index (χ0) is 13.8. The summed E-state index contributed by atoms with van der Waals surface area (Å²) in [6, 6.07) is 20.3. The molecule has 1 fully saturated rings. The van der Waals surface area contributed by atoms with E-state index in [4.69, 9.17) is 0 Å². The Morgan fingerprint density at radius 1 is 1.05 bits per heavy atom. The molecular weight excluding hydrogens is 266 g/mol. The van der Waals surface area contributed by atoms with E-state index in [9.17, 15) is 4.79 Å². The van der Waals surface area contributed by atoms with Crippen LogP contribution in [0.1, 0.15) is 12.0 Å². The van der Waals surface area contributed by atoms with Crippen molar-refractivity contribution in [3.8, 4) is 0 Å². The van der Waals surface area contributed by atoms with Crippen molar-refractivity contribution in [2.24, 2.45) is 0 Å². The first-order chi connectivity index (χ1) is 9.83. The summed E-state index contributed by atoms with van der Waals surface area (Å²) in [5.74, 6) is 0. The normalized spacial score (nSPS) is 18.5. The Balaban J connectivity index is 1.59. The molecule has 0 aliphatic carbocycles. The van der Waals surface area contributed by atoms with E-state index in [-0.39, 0.29) is 11.2 Å². The summed E-state index contributed by atoms with van der Waals surface area (Å²) in [7, 11) is 0. The number of thioether (sulfide) groups is 1. The second-order valence-corrected chi connectivity index (χ2v) is 6.07. The highest BCUT2D eigenvalue weighted by Gasteiger charge is 2.34. The maximum atomic E-state index is 12.3. The fraction of sp³-hybridized carbons (Fsp3) is 0.235. The molecule has 3 heteroatoms. The first kappa shape index (κ1) is 13.4. The number of benzene rings is 2. The van der Waals surface area contributed by atoms with Gasteiger partial charge in [-0.3, -0.25) is 9.69 Å². The molecule has 1 aliphatic heterocycles. The van der Waals surface area contributed by atoms with Crippen LogP contribution in [0.25, 0.3) is 0 Å². The predicted molar refractivity (Wildman–Crippen MR) is 82.6 cm³/mol. The third-order valence-corrected chi connectivity index (χ3v) is 4.57. The maximum absolute atomic E-state index is 12.3. The lowest BCUT2D eigenvalue weighted by molar-refractivity contribution is -0.120. The molecule has 2 nitrogen and oxygen atoms in total. The van der Waals surface area contributed by atoms with Crippen LogP contribution in [0, 0.1) is 0 Å². The molecule has 0 spiro atoms. The highest BCUT2D eigenvalue weighted by molar-refractivity contribution is 8.13. The number of hydrogen-bond acceptors (Lipinski definition) is 3. The fourth-order valence-electron chi connectivity index (χ4n) is 2.39. The SMILES string of the molecule is O=C(Sc1ccccc1)[C@@H]1CCN1Cc1ccccc1. The van der Waals surface area contributed by atoms with E-state index >= 15 is 0 Å². The second kappa shape index (κ2) is 6.25. The van der Waals surface area contributed by atoms with Crippen molar-refractivity contribution < 1.29 is 4.79 Å². The summed E-state index contributed by atoms with van der Waals surface area (Å²) in [6.07, 6.45) is 0.978. The van der Waals surface area contributed by atoms with Crippen LogP contribution < -0.4 is 0 Å². The maximum Gasteiger partial charge on any atom is 0.210 e. The number of hydrogen-bond donors (Lipinski definition) is 0. The van der Waals surface area contributed by atoms with E-state index in [1.807, 2.05) is 48.5 Å². The molecule has 102 valence electrons. The number of rotatable bonds is 4. The van der Waals surface area contributed by atoms with Gasteiger partial charge in [-0.25, -0.2) is 0 Å². The largest absolute Gasteiger partial charge is 0.288 e. The monoisotopic (exact) mass is 283 g/mol. The van der Waals surface area contributed by atoms with Gasteiger partial charge in [0.25, 0.3) is 0 Å². The Labute approximate surface area is 123 Å². The average Bonchev–Trinajstić information content (AvgIpc) is 2.46. The predicted octanol–water partition coefficient (Wildman–Crippen LogP) is 3.58. The van der Waals surface area contributed by atoms with Gasteiger partial charge in [-0.1, -0.05) is 60.3 Å². The summed E-state index contributed by atoms with van der Waals surface area (Å²) in [5, 5.41) is 0.262. The summed E-state index contributed by atoms with van der Waals surface area (Å²) >= 11 is 1.36. The third-order valence-electron chi connectivity index (χ3n) is 3.59. The number of carbonyl (C=O) groups is 1. The first-order valence-electron chi connectivity index (χ1n) is 6.87. The van der Waals surface area contributed by atoms with Crippen LogP contribution in [0.4, 0.5) is 0 Å². The van der Waals surface area contributed by atoms with Crippen molar-refractivity contribution in [1.29, 1.82) is 0 Å². The summed E-state index contributed by atoms with van der Waals surface area (Å²) in [4.78, 5) is 15.6.